The molecule has 0 N–H and O–H groups in total. The summed E-state index contributed by atoms with van der Waals surface area (Å²) in [4.78, 5) is 27.8. The molecule has 2 heterocycles. The third kappa shape index (κ3) is 2.83. The van der Waals surface area contributed by atoms with Gasteiger partial charge in [0.1, 0.15) is 11.4 Å². The van der Waals surface area contributed by atoms with Gasteiger partial charge in [-0.25, -0.2) is 4.79 Å². The molecule has 2 saturated heterocycles. The van der Waals surface area contributed by atoms with Crippen LogP contribution in [0.2, 0.25) is 0 Å². The van der Waals surface area contributed by atoms with Crippen LogP contribution in [0, 0.1) is 0 Å². The van der Waals surface area contributed by atoms with Crippen molar-refractivity contribution in [1.29, 1.82) is 0 Å². The fraction of sp³-hybridized carbons (Fsp3) is 0.846. The van der Waals surface area contributed by atoms with Gasteiger partial charge in [0.15, 0.2) is 0 Å². The molecule has 0 aliphatic carbocycles. The Hall–Kier alpha value is -1.10. The van der Waals surface area contributed by atoms with Crippen LogP contribution in [0.25, 0.3) is 0 Å². The summed E-state index contributed by atoms with van der Waals surface area (Å²) in [6.45, 7) is 7.09. The number of fused-ring (bicyclic) bond motifs is 2. The van der Waals surface area contributed by atoms with E-state index in [0.717, 1.165) is 13.1 Å². The molecule has 2 aliphatic rings. The second-order valence-electron chi connectivity index (χ2n) is 6.36. The van der Waals surface area contributed by atoms with E-state index in [1.807, 2.05) is 27.8 Å². The van der Waals surface area contributed by atoms with Crippen molar-refractivity contribution in [3.05, 3.63) is 0 Å². The number of likely N-dealkylation sites (N-methyl/N-ethyl adjacent to an activating group) is 1. The molecule has 0 spiro atoms. The maximum atomic E-state index is 12.2. The molecule has 102 valence electrons. The number of rotatable bonds is 0. The van der Waals surface area contributed by atoms with Crippen molar-refractivity contribution in [3.63, 3.8) is 0 Å². The second-order valence-corrected chi connectivity index (χ2v) is 6.36. The maximum Gasteiger partial charge on any atom is 0.410 e. The van der Waals surface area contributed by atoms with Crippen LogP contribution in [0.15, 0.2) is 0 Å². The number of piperazine rings is 1. The quantitative estimate of drug-likeness (QED) is 0.653. The molecule has 2 fully saturated rings. The number of piperidine rings is 1. The Kier molecular flexibility index (Phi) is 3.36. The van der Waals surface area contributed by atoms with Gasteiger partial charge in [0, 0.05) is 25.9 Å². The summed E-state index contributed by atoms with van der Waals surface area (Å²) < 4.78 is 5.44. The smallest absolute Gasteiger partial charge is 0.410 e. The van der Waals surface area contributed by atoms with Crippen molar-refractivity contribution >= 4 is 11.9 Å². The van der Waals surface area contributed by atoms with Crippen molar-refractivity contribution < 1.29 is 14.3 Å². The van der Waals surface area contributed by atoms with Gasteiger partial charge in [-0.05, 0) is 27.8 Å². The molecule has 0 unspecified atom stereocenters. The summed E-state index contributed by atoms with van der Waals surface area (Å²) in [5, 5.41) is 0. The zero-order chi connectivity index (χ0) is 13.5. The van der Waals surface area contributed by atoms with Crippen molar-refractivity contribution in [2.75, 3.05) is 20.1 Å². The molecule has 2 rings (SSSR count). The van der Waals surface area contributed by atoms with E-state index in [-0.39, 0.29) is 24.0 Å². The van der Waals surface area contributed by atoms with E-state index in [0.29, 0.717) is 12.8 Å². The topological polar surface area (TPSA) is 49.9 Å². The van der Waals surface area contributed by atoms with Crippen LogP contribution in [0.3, 0.4) is 0 Å². The van der Waals surface area contributed by atoms with E-state index in [1.165, 1.54) is 0 Å². The van der Waals surface area contributed by atoms with Gasteiger partial charge in [0.2, 0.25) is 0 Å². The van der Waals surface area contributed by atoms with Crippen LogP contribution in [0.1, 0.15) is 33.6 Å². The zero-order valence-electron chi connectivity index (χ0n) is 11.6. The lowest BCUT2D eigenvalue weighted by Crippen LogP contribution is -2.63. The van der Waals surface area contributed by atoms with E-state index >= 15 is 0 Å². The first-order chi connectivity index (χ1) is 8.26. The Balaban J connectivity index is 2.12. The fourth-order valence-electron chi connectivity index (χ4n) is 2.82. The number of carbonyl (C=O) groups excluding carboxylic acids is 2. The first-order valence-electron chi connectivity index (χ1n) is 6.48. The SMILES string of the molecule is CN1C[C@H]2CC(=O)C[C@@H](C1)N2C(=O)OC(C)(C)C. The predicted molar refractivity (Wildman–Crippen MR) is 67.4 cm³/mol. The van der Waals surface area contributed by atoms with Crippen molar-refractivity contribution in [3.8, 4) is 0 Å². The third-order valence-corrected chi connectivity index (χ3v) is 3.36. The molecule has 5 heteroatoms. The summed E-state index contributed by atoms with van der Waals surface area (Å²) in [6, 6.07) is -0.0466. The number of hydrogen-bond acceptors (Lipinski definition) is 4. The van der Waals surface area contributed by atoms with Gasteiger partial charge in [-0.2, -0.15) is 0 Å². The molecular formula is C13H22N2O3. The van der Waals surface area contributed by atoms with Gasteiger partial charge in [-0.15, -0.1) is 0 Å². The third-order valence-electron chi connectivity index (χ3n) is 3.36. The number of ketones is 1. The molecule has 0 aromatic heterocycles. The number of carbonyl (C=O) groups is 2. The van der Waals surface area contributed by atoms with Crippen molar-refractivity contribution in [2.45, 2.75) is 51.3 Å². The first kappa shape index (κ1) is 13.3. The van der Waals surface area contributed by atoms with Crippen LogP contribution in [0.4, 0.5) is 4.79 Å². The Morgan fingerprint density at radius 2 is 1.72 bits per heavy atom. The molecular weight excluding hydrogens is 232 g/mol. The number of ether oxygens (including phenoxy) is 1. The molecule has 18 heavy (non-hydrogen) atoms. The summed E-state index contributed by atoms with van der Waals surface area (Å²) >= 11 is 0. The Bertz CT molecular complexity index is 344. The highest BCUT2D eigenvalue weighted by Gasteiger charge is 2.43. The monoisotopic (exact) mass is 254 g/mol. The first-order valence-corrected chi connectivity index (χ1v) is 6.48. The van der Waals surface area contributed by atoms with Gasteiger partial charge < -0.3 is 9.64 Å². The highest BCUT2D eigenvalue weighted by Crippen LogP contribution is 2.28. The summed E-state index contributed by atoms with van der Waals surface area (Å²) in [5.74, 6) is 0.262. The van der Waals surface area contributed by atoms with Gasteiger partial charge >= 0.3 is 6.09 Å². The molecule has 0 aromatic rings. The molecule has 0 saturated carbocycles. The van der Waals surface area contributed by atoms with Crippen LogP contribution in [-0.4, -0.2) is 59.5 Å². The van der Waals surface area contributed by atoms with Crippen LogP contribution in [-0.2, 0) is 9.53 Å². The van der Waals surface area contributed by atoms with E-state index in [4.69, 9.17) is 4.74 Å². The van der Waals surface area contributed by atoms with Gasteiger partial charge in [-0.1, -0.05) is 0 Å². The number of hydrogen-bond donors (Lipinski definition) is 0. The minimum Gasteiger partial charge on any atom is -0.444 e. The predicted octanol–water partition coefficient (Wildman–Crippen LogP) is 1.27. The number of likely N-dealkylation sites (tertiary alicyclic amines) is 1. The molecule has 1 amide bonds. The van der Waals surface area contributed by atoms with Crippen LogP contribution in [0.5, 0.6) is 0 Å². The molecule has 5 nitrogen and oxygen atoms in total. The molecule has 0 aromatic carbocycles. The highest BCUT2D eigenvalue weighted by molar-refractivity contribution is 5.83. The van der Waals surface area contributed by atoms with E-state index in [1.54, 1.807) is 4.90 Å². The average molecular weight is 254 g/mol. The minimum absolute atomic E-state index is 0.0233. The number of amides is 1. The average Bonchev–Trinajstić information content (AvgIpc) is 2.11. The maximum absolute atomic E-state index is 12.2. The van der Waals surface area contributed by atoms with Gasteiger partial charge in [0.05, 0.1) is 12.1 Å². The largest absolute Gasteiger partial charge is 0.444 e. The molecule has 2 aliphatic heterocycles. The summed E-state index contributed by atoms with van der Waals surface area (Å²) in [6.07, 6.45) is 0.637. The fourth-order valence-corrected chi connectivity index (χ4v) is 2.82. The van der Waals surface area contributed by atoms with Crippen LogP contribution >= 0.6 is 0 Å². The highest BCUT2D eigenvalue weighted by atomic mass is 16.6. The minimum atomic E-state index is -0.487. The van der Waals surface area contributed by atoms with Gasteiger partial charge in [0.25, 0.3) is 0 Å². The summed E-state index contributed by atoms with van der Waals surface area (Å²) in [7, 11) is 2.03. The van der Waals surface area contributed by atoms with Crippen LogP contribution < -0.4 is 0 Å². The zero-order valence-corrected chi connectivity index (χ0v) is 11.6. The van der Waals surface area contributed by atoms with Gasteiger partial charge in [-0.3, -0.25) is 9.69 Å². The lowest BCUT2D eigenvalue weighted by Gasteiger charge is -2.48. The van der Waals surface area contributed by atoms with E-state index in [2.05, 4.69) is 4.90 Å². The molecule has 2 bridgehead atoms. The van der Waals surface area contributed by atoms with E-state index < -0.39 is 5.60 Å². The lowest BCUT2D eigenvalue weighted by molar-refractivity contribution is -0.128. The van der Waals surface area contributed by atoms with E-state index in [9.17, 15) is 9.59 Å². The normalized spacial score (nSPS) is 29.3. The molecule has 0 radical (unpaired) electrons. The standard InChI is InChI=1S/C13H22N2O3/c1-13(2,3)18-12(17)15-9-5-11(16)6-10(15)8-14(4)7-9/h9-10H,5-8H2,1-4H3/t9-,10+. The number of Topliss-reactive ketones (excluding diaryl/α,β-unsaturated/α-hetero) is 1. The second kappa shape index (κ2) is 4.53. The van der Waals surface area contributed by atoms with Crippen molar-refractivity contribution in [2.24, 2.45) is 0 Å². The number of nitrogens with zero attached hydrogens (tertiary/aromatic N) is 2. The Morgan fingerprint density at radius 1 is 1.22 bits per heavy atom. The lowest BCUT2D eigenvalue weighted by atomic mass is 9.91. The Labute approximate surface area is 108 Å². The van der Waals surface area contributed by atoms with Crippen molar-refractivity contribution in [1.82, 2.24) is 9.80 Å². The molecule has 2 atom stereocenters. The summed E-state index contributed by atoms with van der Waals surface area (Å²) in [5.41, 5.74) is -0.487. The Morgan fingerprint density at radius 3 is 2.17 bits per heavy atom.